The molecule has 3 aromatic rings. The van der Waals surface area contributed by atoms with Crippen LogP contribution in [0.4, 0.5) is 5.13 Å². The van der Waals surface area contributed by atoms with Gasteiger partial charge in [0, 0.05) is 26.2 Å². The van der Waals surface area contributed by atoms with Crippen molar-refractivity contribution >= 4 is 78.7 Å². The Bertz CT molecular complexity index is 954. The molecule has 4 rings (SSSR count). The molecule has 1 aliphatic heterocycles. The summed E-state index contributed by atoms with van der Waals surface area (Å²) >= 11 is 21.2. The fourth-order valence-corrected chi connectivity index (χ4v) is 5.80. The number of aromatic nitrogens is 1. The maximum absolute atomic E-state index is 12.6. The third-order valence-electron chi connectivity index (χ3n) is 4.41. The smallest absolute Gasteiger partial charge is 0.256 e. The van der Waals surface area contributed by atoms with Crippen LogP contribution in [0.2, 0.25) is 13.7 Å². The molecule has 4 nitrogen and oxygen atoms in total. The van der Waals surface area contributed by atoms with Crippen LogP contribution in [0.25, 0.3) is 10.2 Å². The standard InChI is InChI=1S/C17H14Cl3N3OS2/c1-9-2-3-11(18)14-13(9)21-17(26-14)23-6-4-22(5-7-23)16(24)10-8-12(19)25-15(10)20/h2-3,8H,4-7H2,1H3. The normalized spacial score (nSPS) is 15.1. The maximum Gasteiger partial charge on any atom is 0.256 e. The van der Waals surface area contributed by atoms with Gasteiger partial charge < -0.3 is 9.80 Å². The molecule has 0 bridgehead atoms. The van der Waals surface area contributed by atoms with E-state index >= 15 is 0 Å². The van der Waals surface area contributed by atoms with Crippen LogP contribution < -0.4 is 4.90 Å². The molecule has 1 amide bonds. The fourth-order valence-electron chi connectivity index (χ4n) is 2.98. The number of halogens is 3. The van der Waals surface area contributed by atoms with Crippen LogP contribution in [-0.4, -0.2) is 42.0 Å². The Morgan fingerprint density at radius 3 is 2.46 bits per heavy atom. The molecule has 0 saturated carbocycles. The van der Waals surface area contributed by atoms with E-state index < -0.39 is 0 Å². The zero-order valence-corrected chi connectivity index (χ0v) is 17.7. The van der Waals surface area contributed by atoms with E-state index in [1.165, 1.54) is 11.3 Å². The molecular weight excluding hydrogens is 433 g/mol. The van der Waals surface area contributed by atoms with Gasteiger partial charge in [0.15, 0.2) is 5.13 Å². The molecule has 1 fully saturated rings. The third-order valence-corrected chi connectivity index (χ3v) is 7.47. The predicted molar refractivity (Wildman–Crippen MR) is 112 cm³/mol. The number of carbonyl (C=O) groups excluding carboxylic acids is 1. The minimum atomic E-state index is -0.0685. The van der Waals surface area contributed by atoms with Gasteiger partial charge in [-0.1, -0.05) is 52.2 Å². The van der Waals surface area contributed by atoms with E-state index in [1.807, 2.05) is 24.0 Å². The number of aryl methyl sites for hydroxylation is 1. The van der Waals surface area contributed by atoms with E-state index in [2.05, 4.69) is 4.90 Å². The Balaban J connectivity index is 1.50. The summed E-state index contributed by atoms with van der Waals surface area (Å²) in [5, 5.41) is 1.67. The summed E-state index contributed by atoms with van der Waals surface area (Å²) in [6, 6.07) is 5.54. The van der Waals surface area contributed by atoms with Crippen LogP contribution in [0.15, 0.2) is 18.2 Å². The van der Waals surface area contributed by atoms with Crippen molar-refractivity contribution < 1.29 is 4.79 Å². The second-order valence-corrected chi connectivity index (χ2v) is 9.73. The molecule has 9 heteroatoms. The lowest BCUT2D eigenvalue weighted by Gasteiger charge is -2.34. The number of fused-ring (bicyclic) bond motifs is 1. The van der Waals surface area contributed by atoms with Crippen molar-refractivity contribution in [1.29, 1.82) is 0 Å². The van der Waals surface area contributed by atoms with Gasteiger partial charge in [0.2, 0.25) is 0 Å². The van der Waals surface area contributed by atoms with E-state index in [1.54, 1.807) is 17.4 Å². The number of anilines is 1. The number of rotatable bonds is 2. The lowest BCUT2D eigenvalue weighted by molar-refractivity contribution is 0.0747. The van der Waals surface area contributed by atoms with E-state index in [4.69, 9.17) is 39.8 Å². The van der Waals surface area contributed by atoms with Crippen molar-refractivity contribution in [3.63, 3.8) is 0 Å². The second-order valence-electron chi connectivity index (χ2n) is 6.06. The SMILES string of the molecule is Cc1ccc(Cl)c2sc(N3CCN(C(=O)c4cc(Cl)sc4Cl)CC3)nc12. The molecule has 0 spiro atoms. The first kappa shape index (κ1) is 18.3. The first-order chi connectivity index (χ1) is 12.4. The van der Waals surface area contributed by atoms with Crippen molar-refractivity contribution in [3.05, 3.63) is 43.0 Å². The summed E-state index contributed by atoms with van der Waals surface area (Å²) < 4.78 is 1.98. The Hall–Kier alpha value is -1.05. The highest BCUT2D eigenvalue weighted by molar-refractivity contribution is 7.22. The van der Waals surface area contributed by atoms with Gasteiger partial charge in [0.1, 0.15) is 4.34 Å². The van der Waals surface area contributed by atoms with E-state index in [-0.39, 0.29) is 5.91 Å². The van der Waals surface area contributed by atoms with Gasteiger partial charge in [-0.3, -0.25) is 4.79 Å². The van der Waals surface area contributed by atoms with Crippen molar-refractivity contribution in [2.75, 3.05) is 31.1 Å². The molecule has 2 aromatic heterocycles. The van der Waals surface area contributed by atoms with Crippen LogP contribution in [0, 0.1) is 6.92 Å². The lowest BCUT2D eigenvalue weighted by atomic mass is 10.2. The Kier molecular flexibility index (Phi) is 5.05. The van der Waals surface area contributed by atoms with Crippen molar-refractivity contribution in [3.8, 4) is 0 Å². The maximum atomic E-state index is 12.6. The number of thiazole rings is 1. The largest absolute Gasteiger partial charge is 0.345 e. The molecule has 1 aromatic carbocycles. The summed E-state index contributed by atoms with van der Waals surface area (Å²) in [5.41, 5.74) is 2.55. The molecule has 0 unspecified atom stereocenters. The topological polar surface area (TPSA) is 36.4 Å². The number of thiophene rings is 1. The number of nitrogens with zero attached hydrogens (tertiary/aromatic N) is 3. The molecule has 1 saturated heterocycles. The molecule has 0 atom stereocenters. The monoisotopic (exact) mass is 445 g/mol. The first-order valence-electron chi connectivity index (χ1n) is 7.98. The average Bonchev–Trinajstić information content (AvgIpc) is 3.22. The summed E-state index contributed by atoms with van der Waals surface area (Å²) in [6.07, 6.45) is 0. The zero-order chi connectivity index (χ0) is 18.4. The number of amides is 1. The Labute approximate surface area is 173 Å². The van der Waals surface area contributed by atoms with Gasteiger partial charge in [-0.25, -0.2) is 4.98 Å². The zero-order valence-electron chi connectivity index (χ0n) is 13.8. The number of piperazine rings is 1. The van der Waals surface area contributed by atoms with E-state index in [0.717, 1.165) is 39.0 Å². The van der Waals surface area contributed by atoms with Gasteiger partial charge in [0.25, 0.3) is 5.91 Å². The first-order valence-corrected chi connectivity index (χ1v) is 10.8. The van der Waals surface area contributed by atoms with Crippen molar-refractivity contribution in [1.82, 2.24) is 9.88 Å². The van der Waals surface area contributed by atoms with Crippen LogP contribution in [0.5, 0.6) is 0 Å². The summed E-state index contributed by atoms with van der Waals surface area (Å²) in [4.78, 5) is 21.4. The van der Waals surface area contributed by atoms with Crippen LogP contribution in [0.3, 0.4) is 0 Å². The van der Waals surface area contributed by atoms with Gasteiger partial charge >= 0.3 is 0 Å². The molecule has 3 heterocycles. The number of hydrogen-bond donors (Lipinski definition) is 0. The number of carbonyl (C=O) groups is 1. The predicted octanol–water partition coefficient (Wildman–Crippen LogP) is 5.59. The van der Waals surface area contributed by atoms with Gasteiger partial charge in [-0.05, 0) is 24.6 Å². The third kappa shape index (κ3) is 3.29. The molecule has 0 aliphatic carbocycles. The fraction of sp³-hybridized carbons (Fsp3) is 0.294. The Morgan fingerprint density at radius 1 is 1.12 bits per heavy atom. The van der Waals surface area contributed by atoms with Crippen LogP contribution in [0.1, 0.15) is 15.9 Å². The van der Waals surface area contributed by atoms with Crippen LogP contribution in [-0.2, 0) is 0 Å². The average molecular weight is 447 g/mol. The molecular formula is C17H14Cl3N3OS2. The highest BCUT2D eigenvalue weighted by atomic mass is 35.5. The molecule has 1 aliphatic rings. The van der Waals surface area contributed by atoms with Gasteiger partial charge in [-0.15, -0.1) is 11.3 Å². The second kappa shape index (κ2) is 7.17. The minimum Gasteiger partial charge on any atom is -0.345 e. The molecule has 26 heavy (non-hydrogen) atoms. The Morgan fingerprint density at radius 2 is 1.85 bits per heavy atom. The van der Waals surface area contributed by atoms with E-state index in [9.17, 15) is 4.79 Å². The molecule has 136 valence electrons. The van der Waals surface area contributed by atoms with Gasteiger partial charge in [0.05, 0.1) is 25.1 Å². The summed E-state index contributed by atoms with van der Waals surface area (Å²) in [7, 11) is 0. The van der Waals surface area contributed by atoms with Crippen molar-refractivity contribution in [2.24, 2.45) is 0 Å². The van der Waals surface area contributed by atoms with E-state index in [0.29, 0.717) is 27.3 Å². The lowest BCUT2D eigenvalue weighted by Crippen LogP contribution is -2.48. The van der Waals surface area contributed by atoms with Gasteiger partial charge in [-0.2, -0.15) is 0 Å². The molecule has 0 N–H and O–H groups in total. The number of hydrogen-bond acceptors (Lipinski definition) is 5. The minimum absolute atomic E-state index is 0.0685. The highest BCUT2D eigenvalue weighted by Gasteiger charge is 2.26. The quantitative estimate of drug-likeness (QED) is 0.515. The highest BCUT2D eigenvalue weighted by Crippen LogP contribution is 2.36. The summed E-state index contributed by atoms with van der Waals surface area (Å²) in [5.74, 6) is -0.0685. The summed E-state index contributed by atoms with van der Waals surface area (Å²) in [6.45, 7) is 4.71. The van der Waals surface area contributed by atoms with Crippen molar-refractivity contribution in [2.45, 2.75) is 6.92 Å². The molecule has 0 radical (unpaired) electrons. The number of benzene rings is 1. The van der Waals surface area contributed by atoms with Crippen LogP contribution >= 0.6 is 57.5 Å².